The lowest BCUT2D eigenvalue weighted by atomic mass is 9.97. The Morgan fingerprint density at radius 2 is 1.77 bits per heavy atom. The molecule has 2 aromatic carbocycles. The number of benzene rings is 2. The number of aromatic nitrogens is 4. The van der Waals surface area contributed by atoms with Crippen LogP contribution in [0.2, 0.25) is 0 Å². The number of aliphatic hydroxyl groups is 2. The number of aliphatic hydroxyl groups excluding tert-OH is 2. The van der Waals surface area contributed by atoms with Crippen molar-refractivity contribution in [1.29, 1.82) is 0 Å². The lowest BCUT2D eigenvalue weighted by molar-refractivity contribution is -0.139. The second kappa shape index (κ2) is 12.4. The molecule has 4 rings (SSSR count). The van der Waals surface area contributed by atoms with E-state index in [0.29, 0.717) is 34.3 Å². The minimum Gasteiger partial charge on any atom is -0.481 e. The van der Waals surface area contributed by atoms with Crippen LogP contribution in [0.1, 0.15) is 43.9 Å². The highest BCUT2D eigenvalue weighted by Crippen LogP contribution is 2.31. The van der Waals surface area contributed by atoms with Gasteiger partial charge in [0.05, 0.1) is 41.9 Å². The zero-order chi connectivity index (χ0) is 27.9. The van der Waals surface area contributed by atoms with E-state index >= 15 is 0 Å². The molecule has 2 atom stereocenters. The number of nitrogens with zero attached hydrogens (tertiary/aromatic N) is 4. The quantitative estimate of drug-likeness (QED) is 0.214. The fourth-order valence-electron chi connectivity index (χ4n) is 4.11. The first-order valence-corrected chi connectivity index (χ1v) is 12.5. The van der Waals surface area contributed by atoms with Crippen LogP contribution in [-0.4, -0.2) is 53.2 Å². The van der Waals surface area contributed by atoms with E-state index in [1.54, 1.807) is 35.2 Å². The predicted molar refractivity (Wildman–Crippen MR) is 146 cm³/mol. The molecule has 0 saturated heterocycles. The van der Waals surface area contributed by atoms with Gasteiger partial charge >= 0.3 is 5.97 Å². The van der Waals surface area contributed by atoms with Crippen LogP contribution >= 0.6 is 0 Å². The summed E-state index contributed by atoms with van der Waals surface area (Å²) in [5, 5.41) is 36.9. The molecule has 0 bridgehead atoms. The summed E-state index contributed by atoms with van der Waals surface area (Å²) >= 11 is 0. The molecule has 0 amide bonds. The first-order chi connectivity index (χ1) is 18.7. The molecule has 0 saturated carbocycles. The third kappa shape index (κ3) is 7.13. The highest BCUT2D eigenvalue weighted by atomic mass is 19.1. The van der Waals surface area contributed by atoms with Gasteiger partial charge in [-0.05, 0) is 42.3 Å². The first-order valence-electron chi connectivity index (χ1n) is 12.5. The minimum atomic E-state index is -1.19. The Labute approximate surface area is 225 Å². The van der Waals surface area contributed by atoms with Crippen LogP contribution < -0.4 is 5.32 Å². The van der Waals surface area contributed by atoms with E-state index in [9.17, 15) is 19.4 Å². The van der Waals surface area contributed by atoms with Crippen LogP contribution in [0.3, 0.4) is 0 Å². The SMILES string of the molecule is CC(C)c1nc(Nc2ccnn2-c2ccccc2)nc(-c2ccc(F)cc2)c1/C=C/[C@@H](O)C[C@@H](O)CC(=O)O. The van der Waals surface area contributed by atoms with E-state index in [1.807, 2.05) is 44.2 Å². The van der Waals surface area contributed by atoms with E-state index in [-0.39, 0.29) is 18.2 Å². The molecule has 4 N–H and O–H groups in total. The Hall–Kier alpha value is -4.41. The van der Waals surface area contributed by atoms with Crippen LogP contribution in [0.25, 0.3) is 23.0 Å². The number of carboxylic acid groups (broad SMARTS) is 1. The number of anilines is 2. The van der Waals surface area contributed by atoms with Crippen molar-refractivity contribution in [1.82, 2.24) is 19.7 Å². The molecule has 0 radical (unpaired) electrons. The van der Waals surface area contributed by atoms with E-state index in [4.69, 9.17) is 15.1 Å². The molecule has 0 fully saturated rings. The van der Waals surface area contributed by atoms with Crippen molar-refractivity contribution in [2.75, 3.05) is 5.32 Å². The van der Waals surface area contributed by atoms with Gasteiger partial charge in [0, 0.05) is 23.6 Å². The number of nitrogens with one attached hydrogen (secondary N) is 1. The summed E-state index contributed by atoms with van der Waals surface area (Å²) in [5.74, 6) is -0.634. The van der Waals surface area contributed by atoms with Crippen LogP contribution in [0.5, 0.6) is 0 Å². The van der Waals surface area contributed by atoms with E-state index in [1.165, 1.54) is 18.2 Å². The van der Waals surface area contributed by atoms with E-state index in [2.05, 4.69) is 10.4 Å². The number of aliphatic carboxylic acids is 1. The zero-order valence-electron chi connectivity index (χ0n) is 21.6. The Morgan fingerprint density at radius 3 is 2.44 bits per heavy atom. The van der Waals surface area contributed by atoms with Crippen molar-refractivity contribution < 1.29 is 24.5 Å². The number of halogens is 1. The molecule has 10 heteroatoms. The summed E-state index contributed by atoms with van der Waals surface area (Å²) in [6.07, 6.45) is 1.89. The third-order valence-electron chi connectivity index (χ3n) is 5.93. The van der Waals surface area contributed by atoms with Gasteiger partial charge in [-0.2, -0.15) is 5.10 Å². The maximum Gasteiger partial charge on any atom is 0.305 e. The molecule has 4 aromatic rings. The highest BCUT2D eigenvalue weighted by Gasteiger charge is 2.19. The molecular weight excluding hydrogens is 501 g/mol. The van der Waals surface area contributed by atoms with Crippen molar-refractivity contribution in [3.8, 4) is 16.9 Å². The van der Waals surface area contributed by atoms with Crippen LogP contribution in [-0.2, 0) is 4.79 Å². The number of rotatable bonds is 11. The van der Waals surface area contributed by atoms with Gasteiger partial charge in [-0.3, -0.25) is 4.79 Å². The van der Waals surface area contributed by atoms with Crippen molar-refractivity contribution in [2.45, 2.75) is 44.8 Å². The number of hydrogen-bond donors (Lipinski definition) is 4. The summed E-state index contributed by atoms with van der Waals surface area (Å²) in [6.45, 7) is 3.94. The summed E-state index contributed by atoms with van der Waals surface area (Å²) in [7, 11) is 0. The molecule has 0 unspecified atom stereocenters. The molecule has 39 heavy (non-hydrogen) atoms. The van der Waals surface area contributed by atoms with Gasteiger partial charge in [0.2, 0.25) is 5.95 Å². The molecule has 0 aliphatic heterocycles. The smallest absolute Gasteiger partial charge is 0.305 e. The van der Waals surface area contributed by atoms with Gasteiger partial charge in [-0.15, -0.1) is 0 Å². The first kappa shape index (κ1) is 27.6. The van der Waals surface area contributed by atoms with Crippen molar-refractivity contribution in [3.63, 3.8) is 0 Å². The molecule has 9 nitrogen and oxygen atoms in total. The van der Waals surface area contributed by atoms with Gasteiger partial charge < -0.3 is 20.6 Å². The summed E-state index contributed by atoms with van der Waals surface area (Å²) in [4.78, 5) is 20.4. The van der Waals surface area contributed by atoms with Crippen molar-refractivity contribution in [2.24, 2.45) is 0 Å². The lowest BCUT2D eigenvalue weighted by Crippen LogP contribution is -2.19. The molecular formula is C29H30FN5O4. The normalized spacial score (nSPS) is 13.1. The molecule has 202 valence electrons. The maximum absolute atomic E-state index is 13.7. The van der Waals surface area contributed by atoms with Crippen LogP contribution in [0, 0.1) is 5.82 Å². The van der Waals surface area contributed by atoms with Gasteiger partial charge in [0.15, 0.2) is 0 Å². The average molecular weight is 532 g/mol. The highest BCUT2D eigenvalue weighted by molar-refractivity contribution is 5.75. The summed E-state index contributed by atoms with van der Waals surface area (Å²) < 4.78 is 15.5. The second-order valence-corrected chi connectivity index (χ2v) is 9.36. The maximum atomic E-state index is 13.7. The van der Waals surface area contributed by atoms with Crippen LogP contribution in [0.15, 0.2) is 72.9 Å². The fourth-order valence-corrected chi connectivity index (χ4v) is 4.11. The van der Waals surface area contributed by atoms with Gasteiger partial charge in [-0.1, -0.05) is 44.2 Å². The molecule has 0 aliphatic carbocycles. The fraction of sp³-hybridized carbons (Fsp3) is 0.241. The predicted octanol–water partition coefficient (Wildman–Crippen LogP) is 4.94. The van der Waals surface area contributed by atoms with Gasteiger partial charge in [-0.25, -0.2) is 19.0 Å². The third-order valence-corrected chi connectivity index (χ3v) is 5.93. The Bertz CT molecular complexity index is 1440. The Morgan fingerprint density at radius 1 is 1.05 bits per heavy atom. The van der Waals surface area contributed by atoms with Crippen molar-refractivity contribution in [3.05, 3.63) is 90.0 Å². The molecule has 0 spiro atoms. The minimum absolute atomic E-state index is 0.0545. The Balaban J connectivity index is 1.75. The molecule has 2 heterocycles. The van der Waals surface area contributed by atoms with E-state index in [0.717, 1.165) is 5.69 Å². The standard InChI is InChI=1S/C29H30FN5O4/c1-18(2)27-24(13-12-22(36)16-23(37)17-26(38)39)28(19-8-10-20(30)11-9-19)34-29(33-27)32-25-14-15-31-35(25)21-6-4-3-5-7-21/h3-15,18,22-23,36-37H,16-17H2,1-2H3,(H,38,39)(H,32,33,34)/b13-12+/t22-,23-/m1/s1. The lowest BCUT2D eigenvalue weighted by Gasteiger charge is -2.17. The molecule has 0 aliphatic rings. The topological polar surface area (TPSA) is 133 Å². The number of hydrogen-bond acceptors (Lipinski definition) is 7. The summed E-state index contributed by atoms with van der Waals surface area (Å²) in [6, 6.07) is 17.3. The zero-order valence-corrected chi connectivity index (χ0v) is 21.6. The largest absolute Gasteiger partial charge is 0.481 e. The van der Waals surface area contributed by atoms with Crippen molar-refractivity contribution >= 4 is 23.8 Å². The monoisotopic (exact) mass is 531 g/mol. The number of carboxylic acids is 1. The van der Waals surface area contributed by atoms with Gasteiger partial charge in [0.1, 0.15) is 11.6 Å². The average Bonchev–Trinajstić information content (AvgIpc) is 3.36. The number of para-hydroxylation sites is 1. The van der Waals surface area contributed by atoms with E-state index < -0.39 is 24.6 Å². The van der Waals surface area contributed by atoms with Gasteiger partial charge in [0.25, 0.3) is 0 Å². The van der Waals surface area contributed by atoms with Crippen LogP contribution in [0.4, 0.5) is 16.2 Å². The molecule has 2 aromatic heterocycles. The second-order valence-electron chi connectivity index (χ2n) is 9.36. The number of carbonyl (C=O) groups is 1. The Kier molecular flexibility index (Phi) is 8.80. The summed E-state index contributed by atoms with van der Waals surface area (Å²) in [5.41, 5.74) is 3.29.